The van der Waals surface area contributed by atoms with Crippen LogP contribution in [-0.4, -0.2) is 39.8 Å². The van der Waals surface area contributed by atoms with Gasteiger partial charge in [0.1, 0.15) is 11.4 Å². The highest BCUT2D eigenvalue weighted by Gasteiger charge is 2.35. The number of hydrogen-bond acceptors (Lipinski definition) is 6. The lowest BCUT2D eigenvalue weighted by Crippen LogP contribution is -2.37. The Kier molecular flexibility index (Phi) is 7.04. The number of alkyl halides is 3. The number of carbonyl (C=O) groups is 2. The van der Waals surface area contributed by atoms with E-state index in [1.54, 1.807) is 13.8 Å². The van der Waals surface area contributed by atoms with E-state index < -0.39 is 23.7 Å². The average molecular weight is 432 g/mol. The minimum atomic E-state index is -4.59. The standard InChI is InChI=1S/C18H23F3N4O3S/c1-6-28-16(27)15-12(5)22-17(29-15)24(8-10(2)3)14(26)9-25-11(4)7-13(23-25)18(19,20)21/h7,10H,6,8-9H2,1-5H3. The first-order valence-corrected chi connectivity index (χ1v) is 9.82. The quantitative estimate of drug-likeness (QED) is 0.622. The second kappa shape index (κ2) is 8.93. The van der Waals surface area contributed by atoms with Gasteiger partial charge in [0.2, 0.25) is 0 Å². The summed E-state index contributed by atoms with van der Waals surface area (Å²) in [5.74, 6) is -0.926. The first-order chi connectivity index (χ1) is 13.4. The van der Waals surface area contributed by atoms with E-state index in [1.165, 1.54) is 11.8 Å². The molecule has 2 aromatic heterocycles. The maximum Gasteiger partial charge on any atom is 0.435 e. The number of nitrogens with zero attached hydrogens (tertiary/aromatic N) is 4. The van der Waals surface area contributed by atoms with E-state index in [4.69, 9.17) is 4.74 Å². The zero-order valence-electron chi connectivity index (χ0n) is 16.8. The second-order valence-electron chi connectivity index (χ2n) is 6.86. The maximum absolute atomic E-state index is 12.9. The third kappa shape index (κ3) is 5.55. The summed E-state index contributed by atoms with van der Waals surface area (Å²) >= 11 is 1.02. The molecule has 0 spiro atoms. The lowest BCUT2D eigenvalue weighted by molar-refractivity contribution is -0.141. The number of aromatic nitrogens is 3. The number of halogens is 3. The summed E-state index contributed by atoms with van der Waals surface area (Å²) in [5, 5.41) is 3.80. The van der Waals surface area contributed by atoms with E-state index in [0.29, 0.717) is 17.4 Å². The first-order valence-electron chi connectivity index (χ1n) is 9.00. The monoisotopic (exact) mass is 432 g/mol. The maximum atomic E-state index is 12.9. The van der Waals surface area contributed by atoms with Crippen molar-refractivity contribution in [1.82, 2.24) is 14.8 Å². The molecule has 11 heteroatoms. The fourth-order valence-electron chi connectivity index (χ4n) is 2.56. The van der Waals surface area contributed by atoms with Gasteiger partial charge in [-0.1, -0.05) is 25.2 Å². The number of aryl methyl sites for hydroxylation is 2. The first kappa shape index (κ1) is 22.9. The number of anilines is 1. The Balaban J connectivity index is 2.31. The number of esters is 1. The Labute approximate surface area is 170 Å². The highest BCUT2D eigenvalue weighted by Crippen LogP contribution is 2.30. The molecule has 0 aliphatic heterocycles. The van der Waals surface area contributed by atoms with E-state index in [2.05, 4.69) is 10.1 Å². The van der Waals surface area contributed by atoms with Crippen LogP contribution in [0.4, 0.5) is 18.3 Å². The smallest absolute Gasteiger partial charge is 0.435 e. The van der Waals surface area contributed by atoms with Crippen molar-refractivity contribution >= 4 is 28.3 Å². The van der Waals surface area contributed by atoms with Crippen LogP contribution in [0.15, 0.2) is 6.07 Å². The third-order valence-electron chi connectivity index (χ3n) is 3.88. The molecule has 0 bridgehead atoms. The Morgan fingerprint density at radius 1 is 1.31 bits per heavy atom. The van der Waals surface area contributed by atoms with Gasteiger partial charge in [-0.05, 0) is 32.8 Å². The third-order valence-corrected chi connectivity index (χ3v) is 5.04. The molecule has 0 unspecified atom stereocenters. The van der Waals surface area contributed by atoms with Crippen molar-refractivity contribution in [3.63, 3.8) is 0 Å². The summed E-state index contributed by atoms with van der Waals surface area (Å²) in [7, 11) is 0. The van der Waals surface area contributed by atoms with Gasteiger partial charge in [0.05, 0.1) is 12.3 Å². The number of hydrogen-bond donors (Lipinski definition) is 0. The van der Waals surface area contributed by atoms with Crippen LogP contribution in [0.3, 0.4) is 0 Å². The average Bonchev–Trinajstić information content (AvgIpc) is 3.16. The molecule has 0 N–H and O–H groups in total. The second-order valence-corrected chi connectivity index (χ2v) is 7.83. The molecule has 0 aliphatic carbocycles. The summed E-state index contributed by atoms with van der Waals surface area (Å²) in [6, 6.07) is 0.895. The predicted octanol–water partition coefficient (Wildman–Crippen LogP) is 3.84. The zero-order chi connectivity index (χ0) is 21.9. The van der Waals surface area contributed by atoms with Crippen LogP contribution >= 0.6 is 11.3 Å². The minimum absolute atomic E-state index is 0.0682. The van der Waals surface area contributed by atoms with Gasteiger partial charge >= 0.3 is 12.1 Å². The Bertz CT molecular complexity index is 890. The zero-order valence-corrected chi connectivity index (χ0v) is 17.6. The molecule has 0 aromatic carbocycles. The van der Waals surface area contributed by atoms with Crippen LogP contribution in [0, 0.1) is 19.8 Å². The fraction of sp³-hybridized carbons (Fsp3) is 0.556. The molecule has 0 atom stereocenters. The minimum Gasteiger partial charge on any atom is -0.462 e. The summed E-state index contributed by atoms with van der Waals surface area (Å²) < 4.78 is 44.6. The van der Waals surface area contributed by atoms with Gasteiger partial charge in [0.15, 0.2) is 10.8 Å². The molecule has 0 radical (unpaired) electrons. The van der Waals surface area contributed by atoms with Crippen molar-refractivity contribution in [2.24, 2.45) is 5.92 Å². The van der Waals surface area contributed by atoms with Gasteiger partial charge in [0.25, 0.3) is 5.91 Å². The highest BCUT2D eigenvalue weighted by molar-refractivity contribution is 7.17. The number of rotatable bonds is 7. The van der Waals surface area contributed by atoms with Gasteiger partial charge in [-0.2, -0.15) is 18.3 Å². The van der Waals surface area contributed by atoms with Crippen LogP contribution in [0.25, 0.3) is 0 Å². The lowest BCUT2D eigenvalue weighted by atomic mass is 10.2. The molecule has 2 aromatic rings. The largest absolute Gasteiger partial charge is 0.462 e. The molecule has 0 saturated carbocycles. The molecule has 2 rings (SSSR count). The molecular weight excluding hydrogens is 409 g/mol. The summed E-state index contributed by atoms with van der Waals surface area (Å²) in [4.78, 5) is 30.9. The van der Waals surface area contributed by atoms with Gasteiger partial charge in [-0.3, -0.25) is 14.4 Å². The van der Waals surface area contributed by atoms with Crippen molar-refractivity contribution in [3.8, 4) is 0 Å². The number of amides is 1. The molecule has 0 saturated heterocycles. The predicted molar refractivity (Wildman–Crippen MR) is 102 cm³/mol. The fourth-order valence-corrected chi connectivity index (χ4v) is 3.54. The number of carbonyl (C=O) groups excluding carboxylic acids is 2. The van der Waals surface area contributed by atoms with Gasteiger partial charge in [-0.25, -0.2) is 9.78 Å². The lowest BCUT2D eigenvalue weighted by Gasteiger charge is -2.22. The van der Waals surface area contributed by atoms with Crippen molar-refractivity contribution in [2.75, 3.05) is 18.1 Å². The van der Waals surface area contributed by atoms with Gasteiger partial charge in [0, 0.05) is 12.2 Å². The number of ether oxygens (including phenoxy) is 1. The summed E-state index contributed by atoms with van der Waals surface area (Å²) in [6.45, 7) is 8.70. The summed E-state index contributed by atoms with van der Waals surface area (Å²) in [5.41, 5.74) is -0.398. The number of thiazole rings is 1. The van der Waals surface area contributed by atoms with Crippen molar-refractivity contribution in [3.05, 3.63) is 28.0 Å². The Morgan fingerprint density at radius 2 is 1.97 bits per heavy atom. The Morgan fingerprint density at radius 3 is 2.48 bits per heavy atom. The van der Waals surface area contributed by atoms with E-state index in [-0.39, 0.29) is 29.6 Å². The van der Waals surface area contributed by atoms with Crippen LogP contribution < -0.4 is 4.90 Å². The molecule has 1 amide bonds. The topological polar surface area (TPSA) is 77.3 Å². The molecule has 29 heavy (non-hydrogen) atoms. The van der Waals surface area contributed by atoms with Crippen molar-refractivity contribution in [2.45, 2.75) is 47.3 Å². The molecule has 160 valence electrons. The summed E-state index contributed by atoms with van der Waals surface area (Å²) in [6.07, 6.45) is -4.59. The van der Waals surface area contributed by atoms with E-state index in [0.717, 1.165) is 22.1 Å². The molecule has 0 fully saturated rings. The van der Waals surface area contributed by atoms with Gasteiger partial charge in [-0.15, -0.1) is 0 Å². The van der Waals surface area contributed by atoms with Crippen molar-refractivity contribution in [1.29, 1.82) is 0 Å². The Hall–Kier alpha value is -2.43. The van der Waals surface area contributed by atoms with Crippen molar-refractivity contribution < 1.29 is 27.5 Å². The molecule has 7 nitrogen and oxygen atoms in total. The molecular formula is C18H23F3N4O3S. The van der Waals surface area contributed by atoms with Crippen LogP contribution in [0.1, 0.15) is 47.5 Å². The molecule has 0 aliphatic rings. The van der Waals surface area contributed by atoms with E-state index >= 15 is 0 Å². The SMILES string of the molecule is CCOC(=O)c1sc(N(CC(C)C)C(=O)Cn2nc(C(F)(F)F)cc2C)nc1C. The van der Waals surface area contributed by atoms with Crippen LogP contribution in [0.5, 0.6) is 0 Å². The van der Waals surface area contributed by atoms with Crippen LogP contribution in [0.2, 0.25) is 0 Å². The van der Waals surface area contributed by atoms with E-state index in [9.17, 15) is 22.8 Å². The normalized spacial score (nSPS) is 11.8. The highest BCUT2D eigenvalue weighted by atomic mass is 32.1. The molecule has 2 heterocycles. The van der Waals surface area contributed by atoms with Gasteiger partial charge < -0.3 is 4.74 Å². The van der Waals surface area contributed by atoms with Crippen LogP contribution in [-0.2, 0) is 22.3 Å². The van der Waals surface area contributed by atoms with E-state index in [1.807, 2.05) is 13.8 Å².